The number of piperidine rings is 1. The zero-order valence-electron chi connectivity index (χ0n) is 10.5. The molecule has 0 spiro atoms. The van der Waals surface area contributed by atoms with E-state index in [4.69, 9.17) is 10.9 Å². The number of nitrogens with zero attached hydrogens (tertiary/aromatic N) is 2. The molecule has 1 aliphatic carbocycles. The van der Waals surface area contributed by atoms with E-state index < -0.39 is 5.92 Å². The Kier molecular flexibility index (Phi) is 4.04. The number of alkyl halides is 2. The summed E-state index contributed by atoms with van der Waals surface area (Å²) in [5, 5.41) is 11.7. The molecular formula is C12H21F2N3O. The molecule has 0 bridgehead atoms. The molecule has 2 rings (SSSR count). The maximum atomic E-state index is 13.1. The fourth-order valence-electron chi connectivity index (χ4n) is 3.11. The lowest BCUT2D eigenvalue weighted by Crippen LogP contribution is -2.43. The normalized spacial score (nSPS) is 33.8. The molecule has 1 heterocycles. The molecule has 1 saturated carbocycles. The zero-order chi connectivity index (χ0) is 13.2. The third-order valence-electron chi connectivity index (χ3n) is 4.06. The van der Waals surface area contributed by atoms with Crippen LogP contribution in [0.4, 0.5) is 8.78 Å². The van der Waals surface area contributed by atoms with E-state index in [1.54, 1.807) is 0 Å². The van der Waals surface area contributed by atoms with E-state index in [1.165, 1.54) is 0 Å². The van der Waals surface area contributed by atoms with Crippen molar-refractivity contribution in [2.45, 2.75) is 38.0 Å². The second kappa shape index (κ2) is 5.38. The predicted octanol–water partition coefficient (Wildman–Crippen LogP) is 1.88. The third kappa shape index (κ3) is 3.31. The van der Waals surface area contributed by atoms with Gasteiger partial charge in [0.2, 0.25) is 5.92 Å². The van der Waals surface area contributed by atoms with E-state index in [0.717, 1.165) is 25.9 Å². The summed E-state index contributed by atoms with van der Waals surface area (Å²) in [6.45, 7) is 2.36. The number of nitrogens with two attached hydrogens (primary N) is 1. The fraction of sp³-hybridized carbons (Fsp3) is 0.917. The molecule has 1 saturated heterocycles. The van der Waals surface area contributed by atoms with Crippen molar-refractivity contribution in [1.29, 1.82) is 0 Å². The Bertz CT molecular complexity index is 322. The SMILES string of the molecule is NC(=NO)C1CCCN(CC2CCC(F)(F)C2)C1. The van der Waals surface area contributed by atoms with Crippen LogP contribution in [0.1, 0.15) is 32.1 Å². The molecule has 1 aliphatic heterocycles. The van der Waals surface area contributed by atoms with Gasteiger partial charge in [0.1, 0.15) is 5.84 Å². The average Bonchev–Trinajstić information content (AvgIpc) is 2.68. The van der Waals surface area contributed by atoms with Gasteiger partial charge in [-0.05, 0) is 31.7 Å². The molecule has 4 nitrogen and oxygen atoms in total. The minimum atomic E-state index is -2.47. The highest BCUT2D eigenvalue weighted by atomic mass is 19.3. The van der Waals surface area contributed by atoms with Crippen LogP contribution in [0, 0.1) is 11.8 Å². The zero-order valence-corrected chi connectivity index (χ0v) is 10.5. The highest BCUT2D eigenvalue weighted by molar-refractivity contribution is 5.82. The maximum Gasteiger partial charge on any atom is 0.248 e. The lowest BCUT2D eigenvalue weighted by molar-refractivity contribution is 0.00296. The highest BCUT2D eigenvalue weighted by Crippen LogP contribution is 2.39. The van der Waals surface area contributed by atoms with E-state index >= 15 is 0 Å². The van der Waals surface area contributed by atoms with Crippen molar-refractivity contribution >= 4 is 5.84 Å². The largest absolute Gasteiger partial charge is 0.409 e. The van der Waals surface area contributed by atoms with Crippen molar-refractivity contribution in [2.75, 3.05) is 19.6 Å². The van der Waals surface area contributed by atoms with Crippen molar-refractivity contribution in [3.63, 3.8) is 0 Å². The Balaban J connectivity index is 1.83. The average molecular weight is 261 g/mol. The molecule has 0 aromatic rings. The molecule has 2 fully saturated rings. The van der Waals surface area contributed by atoms with Gasteiger partial charge in [0.05, 0.1) is 0 Å². The summed E-state index contributed by atoms with van der Waals surface area (Å²) in [6, 6.07) is 0. The van der Waals surface area contributed by atoms with Crippen LogP contribution in [0.25, 0.3) is 0 Å². The first-order valence-corrected chi connectivity index (χ1v) is 6.58. The van der Waals surface area contributed by atoms with Gasteiger partial charge in [-0.25, -0.2) is 8.78 Å². The second-order valence-electron chi connectivity index (χ2n) is 5.59. The van der Waals surface area contributed by atoms with Crippen LogP contribution in [0.3, 0.4) is 0 Å². The first-order chi connectivity index (χ1) is 8.50. The van der Waals surface area contributed by atoms with Crippen LogP contribution in [0.5, 0.6) is 0 Å². The van der Waals surface area contributed by atoms with Crippen molar-refractivity contribution in [1.82, 2.24) is 4.90 Å². The van der Waals surface area contributed by atoms with E-state index in [1.807, 2.05) is 0 Å². The van der Waals surface area contributed by atoms with E-state index in [0.29, 0.717) is 13.0 Å². The van der Waals surface area contributed by atoms with Gasteiger partial charge in [0, 0.05) is 31.8 Å². The van der Waals surface area contributed by atoms with Crippen LogP contribution in [0.2, 0.25) is 0 Å². The van der Waals surface area contributed by atoms with Crippen molar-refractivity contribution in [3.05, 3.63) is 0 Å². The van der Waals surface area contributed by atoms with Gasteiger partial charge in [-0.1, -0.05) is 5.16 Å². The summed E-state index contributed by atoms with van der Waals surface area (Å²) in [7, 11) is 0. The van der Waals surface area contributed by atoms with Crippen molar-refractivity contribution < 1.29 is 14.0 Å². The Morgan fingerprint density at radius 2 is 2.22 bits per heavy atom. The summed E-state index contributed by atoms with van der Waals surface area (Å²) in [4.78, 5) is 2.18. The molecule has 0 amide bonds. The van der Waals surface area contributed by atoms with Gasteiger partial charge in [-0.2, -0.15) is 0 Å². The predicted molar refractivity (Wildman–Crippen MR) is 64.9 cm³/mol. The Morgan fingerprint density at radius 1 is 1.44 bits per heavy atom. The molecule has 0 aromatic heterocycles. The molecule has 0 aromatic carbocycles. The van der Waals surface area contributed by atoms with Crippen LogP contribution in [0.15, 0.2) is 5.16 Å². The van der Waals surface area contributed by atoms with Crippen molar-refractivity contribution in [2.24, 2.45) is 22.7 Å². The Morgan fingerprint density at radius 3 is 2.83 bits per heavy atom. The van der Waals surface area contributed by atoms with E-state index in [-0.39, 0.29) is 30.5 Å². The molecule has 2 aliphatic rings. The number of rotatable bonds is 3. The van der Waals surface area contributed by atoms with Crippen molar-refractivity contribution in [3.8, 4) is 0 Å². The second-order valence-corrected chi connectivity index (χ2v) is 5.59. The molecule has 3 N–H and O–H groups in total. The molecule has 0 radical (unpaired) electrons. The van der Waals surface area contributed by atoms with Gasteiger partial charge >= 0.3 is 0 Å². The number of amidine groups is 1. The Labute approximate surface area is 106 Å². The Hall–Kier alpha value is -0.910. The van der Waals surface area contributed by atoms with Crippen LogP contribution in [-0.4, -0.2) is 41.5 Å². The van der Waals surface area contributed by atoms with Gasteiger partial charge in [0.25, 0.3) is 0 Å². The summed E-state index contributed by atoms with van der Waals surface area (Å²) in [6.07, 6.45) is 2.53. The number of likely N-dealkylation sites (tertiary alicyclic amines) is 1. The minimum Gasteiger partial charge on any atom is -0.409 e. The van der Waals surface area contributed by atoms with Gasteiger partial charge < -0.3 is 15.8 Å². The van der Waals surface area contributed by atoms with Gasteiger partial charge in [-0.15, -0.1) is 0 Å². The van der Waals surface area contributed by atoms with Gasteiger partial charge in [0.15, 0.2) is 0 Å². The third-order valence-corrected chi connectivity index (χ3v) is 4.06. The molecule has 18 heavy (non-hydrogen) atoms. The standard InChI is InChI=1S/C12H21F2N3O/c13-12(14)4-3-9(6-12)7-17-5-1-2-10(8-17)11(15)16-18/h9-10,18H,1-8H2,(H2,15,16). The summed E-state index contributed by atoms with van der Waals surface area (Å²) in [5.74, 6) is -2.06. The maximum absolute atomic E-state index is 13.1. The lowest BCUT2D eigenvalue weighted by atomic mass is 9.95. The molecule has 6 heteroatoms. The summed E-state index contributed by atoms with van der Waals surface area (Å²) >= 11 is 0. The number of hydrogen-bond acceptors (Lipinski definition) is 3. The van der Waals surface area contributed by atoms with Crippen LogP contribution < -0.4 is 5.73 Å². The first-order valence-electron chi connectivity index (χ1n) is 6.58. The number of hydrogen-bond donors (Lipinski definition) is 2. The van der Waals surface area contributed by atoms with Crippen LogP contribution >= 0.6 is 0 Å². The number of halogens is 2. The van der Waals surface area contributed by atoms with Gasteiger partial charge in [-0.3, -0.25) is 0 Å². The van der Waals surface area contributed by atoms with E-state index in [2.05, 4.69) is 10.1 Å². The molecular weight excluding hydrogens is 240 g/mol. The summed E-state index contributed by atoms with van der Waals surface area (Å²) < 4.78 is 26.2. The molecule has 2 atom stereocenters. The summed E-state index contributed by atoms with van der Waals surface area (Å²) in [5.41, 5.74) is 5.61. The monoisotopic (exact) mass is 261 g/mol. The number of oxime groups is 1. The molecule has 2 unspecified atom stereocenters. The smallest absolute Gasteiger partial charge is 0.248 e. The topological polar surface area (TPSA) is 61.9 Å². The fourth-order valence-corrected chi connectivity index (χ4v) is 3.11. The quantitative estimate of drug-likeness (QED) is 0.353. The first kappa shape index (κ1) is 13.5. The van der Waals surface area contributed by atoms with Crippen LogP contribution in [-0.2, 0) is 0 Å². The molecule has 104 valence electrons. The highest BCUT2D eigenvalue weighted by Gasteiger charge is 2.40. The minimum absolute atomic E-state index is 0.0116. The van der Waals surface area contributed by atoms with E-state index in [9.17, 15) is 8.78 Å². The lowest BCUT2D eigenvalue weighted by Gasteiger charge is -2.33.